The van der Waals surface area contributed by atoms with Gasteiger partial charge in [-0.3, -0.25) is 14.5 Å². The first-order chi connectivity index (χ1) is 7.72. The molecule has 2 rings (SSSR count). The van der Waals surface area contributed by atoms with Crippen molar-refractivity contribution in [1.29, 1.82) is 0 Å². The van der Waals surface area contributed by atoms with Gasteiger partial charge in [-0.1, -0.05) is 12.2 Å². The van der Waals surface area contributed by atoms with Crippen LogP contribution < -0.4 is 0 Å². The lowest BCUT2D eigenvalue weighted by atomic mass is 10.3. The van der Waals surface area contributed by atoms with E-state index in [1.165, 1.54) is 12.0 Å². The zero-order valence-corrected chi connectivity index (χ0v) is 8.92. The predicted molar refractivity (Wildman–Crippen MR) is 57.6 cm³/mol. The monoisotopic (exact) mass is 220 g/mol. The minimum Gasteiger partial charge on any atom is -0.481 e. The number of carbonyl (C=O) groups excluding carboxylic acids is 2. The highest BCUT2D eigenvalue weighted by atomic mass is 16.5. The van der Waals surface area contributed by atoms with Crippen molar-refractivity contribution in [2.45, 2.75) is 19.0 Å². The molecule has 1 unspecified atom stereocenters. The molecule has 2 aliphatic rings. The number of methoxy groups -OCH3 is 1. The Morgan fingerprint density at radius 1 is 1.31 bits per heavy atom. The van der Waals surface area contributed by atoms with E-state index in [1.54, 1.807) is 24.3 Å². The van der Waals surface area contributed by atoms with Crippen LogP contribution in [0.25, 0.3) is 0 Å². The van der Waals surface area contributed by atoms with Crippen LogP contribution >= 0.6 is 0 Å². The minimum atomic E-state index is -0.576. The molecule has 0 bridgehead atoms. The molecule has 16 heavy (non-hydrogen) atoms. The van der Waals surface area contributed by atoms with Gasteiger partial charge in [0.05, 0.1) is 7.11 Å². The van der Waals surface area contributed by atoms with Gasteiger partial charge < -0.3 is 4.74 Å². The number of amides is 2. The lowest BCUT2D eigenvalue weighted by molar-refractivity contribution is -0.139. The van der Waals surface area contributed by atoms with E-state index >= 15 is 0 Å². The van der Waals surface area contributed by atoms with Crippen molar-refractivity contribution >= 4 is 17.7 Å². The van der Waals surface area contributed by atoms with Gasteiger partial charge in [-0.15, -0.1) is 0 Å². The summed E-state index contributed by atoms with van der Waals surface area (Å²) in [4.78, 5) is 28.4. The van der Waals surface area contributed by atoms with Crippen molar-refractivity contribution in [1.82, 2.24) is 4.90 Å². The minimum absolute atomic E-state index is 0.180. The first-order valence-corrected chi connectivity index (χ1v) is 5.04. The molecule has 0 saturated carbocycles. The number of likely N-dealkylation sites (tertiary alicyclic amines) is 1. The van der Waals surface area contributed by atoms with E-state index in [0.29, 0.717) is 5.90 Å². The average Bonchev–Trinajstić information content (AvgIpc) is 2.53. The van der Waals surface area contributed by atoms with E-state index in [-0.39, 0.29) is 24.7 Å². The molecular formula is C11H12N2O3. The molecule has 0 aliphatic carbocycles. The van der Waals surface area contributed by atoms with Crippen molar-refractivity contribution in [3.8, 4) is 0 Å². The molecule has 0 aromatic heterocycles. The van der Waals surface area contributed by atoms with Gasteiger partial charge in [0.25, 0.3) is 0 Å². The van der Waals surface area contributed by atoms with Gasteiger partial charge in [0.1, 0.15) is 0 Å². The first kappa shape index (κ1) is 10.6. The van der Waals surface area contributed by atoms with Crippen LogP contribution in [0.1, 0.15) is 12.8 Å². The molecule has 1 saturated heterocycles. The molecule has 1 fully saturated rings. The molecule has 2 aliphatic heterocycles. The summed E-state index contributed by atoms with van der Waals surface area (Å²) in [6, 6.07) is 0. The van der Waals surface area contributed by atoms with Gasteiger partial charge >= 0.3 is 0 Å². The van der Waals surface area contributed by atoms with Crippen molar-refractivity contribution in [2.24, 2.45) is 4.99 Å². The van der Waals surface area contributed by atoms with E-state index < -0.39 is 6.17 Å². The fourth-order valence-electron chi connectivity index (χ4n) is 1.67. The van der Waals surface area contributed by atoms with E-state index in [9.17, 15) is 9.59 Å². The average molecular weight is 220 g/mol. The molecule has 0 spiro atoms. The molecule has 5 heteroatoms. The third-order valence-electron chi connectivity index (χ3n) is 2.46. The summed E-state index contributed by atoms with van der Waals surface area (Å²) in [6.45, 7) is 0. The Morgan fingerprint density at radius 3 is 2.62 bits per heavy atom. The summed E-state index contributed by atoms with van der Waals surface area (Å²) in [5.41, 5.74) is 0. The normalized spacial score (nSPS) is 24.7. The van der Waals surface area contributed by atoms with Crippen LogP contribution in [-0.4, -0.2) is 35.9 Å². The Kier molecular flexibility index (Phi) is 2.85. The second kappa shape index (κ2) is 4.30. The SMILES string of the molecule is COC1=NC(N2C(=O)CCC2=O)C=CC=C1. The third kappa shape index (κ3) is 1.88. The van der Waals surface area contributed by atoms with E-state index in [4.69, 9.17) is 4.74 Å². The number of rotatable bonds is 1. The number of imide groups is 1. The maximum absolute atomic E-state index is 11.5. The largest absolute Gasteiger partial charge is 0.481 e. The second-order valence-electron chi connectivity index (χ2n) is 3.49. The van der Waals surface area contributed by atoms with Crippen molar-refractivity contribution < 1.29 is 14.3 Å². The number of aliphatic imine (C=N–C) groups is 1. The summed E-state index contributed by atoms with van der Waals surface area (Å²) >= 11 is 0. The summed E-state index contributed by atoms with van der Waals surface area (Å²) in [7, 11) is 1.50. The summed E-state index contributed by atoms with van der Waals surface area (Å²) in [5.74, 6) is 0.0454. The lowest BCUT2D eigenvalue weighted by Gasteiger charge is -2.19. The van der Waals surface area contributed by atoms with Crippen LogP contribution in [0.4, 0.5) is 0 Å². The Morgan fingerprint density at radius 2 is 2.00 bits per heavy atom. The zero-order chi connectivity index (χ0) is 11.5. The molecule has 0 N–H and O–H groups in total. The highest BCUT2D eigenvalue weighted by Gasteiger charge is 2.34. The molecule has 1 atom stereocenters. The fraction of sp³-hybridized carbons (Fsp3) is 0.364. The van der Waals surface area contributed by atoms with Crippen molar-refractivity contribution in [3.05, 3.63) is 24.3 Å². The number of ether oxygens (including phenoxy) is 1. The molecule has 84 valence electrons. The molecule has 0 radical (unpaired) electrons. The topological polar surface area (TPSA) is 59.0 Å². The summed E-state index contributed by atoms with van der Waals surface area (Å²) in [5, 5.41) is 0. The molecule has 2 heterocycles. The van der Waals surface area contributed by atoms with Crippen LogP contribution in [0.2, 0.25) is 0 Å². The van der Waals surface area contributed by atoms with Crippen LogP contribution in [0.3, 0.4) is 0 Å². The molecule has 0 aromatic carbocycles. The van der Waals surface area contributed by atoms with Crippen LogP contribution in [0, 0.1) is 0 Å². The highest BCUT2D eigenvalue weighted by Crippen LogP contribution is 2.18. The second-order valence-corrected chi connectivity index (χ2v) is 3.49. The molecular weight excluding hydrogens is 208 g/mol. The number of hydrogen-bond acceptors (Lipinski definition) is 4. The molecule has 2 amide bonds. The maximum atomic E-state index is 11.5. The Labute approximate surface area is 93.1 Å². The molecule has 5 nitrogen and oxygen atoms in total. The van der Waals surface area contributed by atoms with Crippen molar-refractivity contribution in [2.75, 3.05) is 7.11 Å². The van der Waals surface area contributed by atoms with E-state index in [2.05, 4.69) is 4.99 Å². The summed E-state index contributed by atoms with van der Waals surface area (Å²) < 4.78 is 5.01. The third-order valence-corrected chi connectivity index (χ3v) is 2.46. The molecule has 0 aromatic rings. The van der Waals surface area contributed by atoms with Crippen LogP contribution in [-0.2, 0) is 14.3 Å². The Bertz CT molecular complexity index is 393. The van der Waals surface area contributed by atoms with Gasteiger partial charge in [0.15, 0.2) is 6.17 Å². The standard InChI is InChI=1S/C11H12N2O3/c1-16-9-5-3-2-4-8(12-9)13-10(14)6-7-11(13)15/h2-5,8H,6-7H2,1H3. The van der Waals surface area contributed by atoms with Gasteiger partial charge in [-0.25, -0.2) is 4.99 Å². The Hall–Kier alpha value is -1.91. The predicted octanol–water partition coefficient (Wildman–Crippen LogP) is 0.632. The van der Waals surface area contributed by atoms with Gasteiger partial charge in [0.2, 0.25) is 17.7 Å². The fourth-order valence-corrected chi connectivity index (χ4v) is 1.67. The van der Waals surface area contributed by atoms with E-state index in [0.717, 1.165) is 0 Å². The smallest absolute Gasteiger partial charge is 0.231 e. The Balaban J connectivity index is 2.26. The first-order valence-electron chi connectivity index (χ1n) is 5.04. The number of allylic oxidation sites excluding steroid dienone is 2. The number of nitrogens with zero attached hydrogens (tertiary/aromatic N) is 2. The maximum Gasteiger partial charge on any atom is 0.231 e. The summed E-state index contributed by atoms with van der Waals surface area (Å²) in [6.07, 6.45) is 6.85. The lowest BCUT2D eigenvalue weighted by Crippen LogP contribution is -2.37. The van der Waals surface area contributed by atoms with Gasteiger partial charge in [-0.05, 0) is 12.2 Å². The quantitative estimate of drug-likeness (QED) is 0.609. The van der Waals surface area contributed by atoms with Crippen LogP contribution in [0.15, 0.2) is 29.3 Å². The van der Waals surface area contributed by atoms with Crippen LogP contribution in [0.5, 0.6) is 0 Å². The van der Waals surface area contributed by atoms with Gasteiger partial charge in [0, 0.05) is 12.8 Å². The van der Waals surface area contributed by atoms with Crippen molar-refractivity contribution in [3.63, 3.8) is 0 Å². The van der Waals surface area contributed by atoms with E-state index in [1.807, 2.05) is 0 Å². The highest BCUT2D eigenvalue weighted by molar-refractivity contribution is 6.02. The zero-order valence-electron chi connectivity index (χ0n) is 8.92. The number of carbonyl (C=O) groups is 2. The van der Waals surface area contributed by atoms with Gasteiger partial charge in [-0.2, -0.15) is 0 Å². The number of hydrogen-bond donors (Lipinski definition) is 0.